The molecule has 0 radical (unpaired) electrons. The number of fused-ring (bicyclic) bond motifs is 1. The molecule has 2 aromatic rings. The third kappa shape index (κ3) is 2.69. The quantitative estimate of drug-likeness (QED) is 0.924. The van der Waals surface area contributed by atoms with Crippen molar-refractivity contribution in [1.29, 1.82) is 0 Å². The highest BCUT2D eigenvalue weighted by Crippen LogP contribution is 2.27. The molecule has 4 nitrogen and oxygen atoms in total. The molecule has 1 aromatic heterocycles. The average Bonchev–Trinajstić information content (AvgIpc) is 2.53. The fraction of sp³-hybridized carbons (Fsp3) is 0.500. The molecule has 1 aromatic carbocycles. The number of nitrogens with zero attached hydrogens (tertiary/aromatic N) is 3. The van der Waals surface area contributed by atoms with Gasteiger partial charge >= 0.3 is 0 Å². The van der Waals surface area contributed by atoms with Crippen molar-refractivity contribution in [3.05, 3.63) is 24.3 Å². The van der Waals surface area contributed by atoms with Crippen molar-refractivity contribution in [1.82, 2.24) is 9.97 Å². The maximum Gasteiger partial charge on any atom is 0.225 e. The van der Waals surface area contributed by atoms with E-state index >= 15 is 0 Å². The minimum absolute atomic E-state index is 0.756. The number of hydrogen-bond acceptors (Lipinski definition) is 4. The van der Waals surface area contributed by atoms with E-state index in [1.165, 1.54) is 19.3 Å². The summed E-state index contributed by atoms with van der Waals surface area (Å²) in [7, 11) is 0. The summed E-state index contributed by atoms with van der Waals surface area (Å²) in [6, 6.07) is 8.31. The summed E-state index contributed by atoms with van der Waals surface area (Å²) < 4.78 is 0. The first-order valence-corrected chi connectivity index (χ1v) is 7.64. The Bertz CT molecular complexity index is 576. The number of anilines is 2. The molecule has 3 rings (SSSR count). The number of benzene rings is 1. The standard InChI is InChI=1S/C16H22N4/c1-2-10-17-16-18-14-9-5-4-8-13(14)15(19-16)20-11-6-3-7-12-20/h4-5,8-9H,2-3,6-7,10-12H2,1H3,(H,17,18,19). The van der Waals surface area contributed by atoms with Gasteiger partial charge in [-0.2, -0.15) is 4.98 Å². The topological polar surface area (TPSA) is 41.1 Å². The summed E-state index contributed by atoms with van der Waals surface area (Å²) in [5.74, 6) is 1.85. The zero-order valence-corrected chi connectivity index (χ0v) is 12.1. The zero-order valence-electron chi connectivity index (χ0n) is 12.1. The van der Waals surface area contributed by atoms with Crippen LogP contribution in [0.25, 0.3) is 10.9 Å². The van der Waals surface area contributed by atoms with Crippen LogP contribution in [0, 0.1) is 0 Å². The summed E-state index contributed by atoms with van der Waals surface area (Å²) in [6.45, 7) is 5.28. The Hall–Kier alpha value is -1.84. The summed E-state index contributed by atoms with van der Waals surface area (Å²) in [6.07, 6.45) is 4.93. The van der Waals surface area contributed by atoms with Gasteiger partial charge in [0, 0.05) is 25.0 Å². The van der Waals surface area contributed by atoms with Crippen molar-refractivity contribution in [2.24, 2.45) is 0 Å². The maximum atomic E-state index is 4.77. The molecule has 0 atom stereocenters. The zero-order chi connectivity index (χ0) is 13.8. The van der Waals surface area contributed by atoms with Crippen molar-refractivity contribution in [3.63, 3.8) is 0 Å². The van der Waals surface area contributed by atoms with E-state index in [0.717, 1.165) is 48.7 Å². The van der Waals surface area contributed by atoms with Gasteiger partial charge in [-0.25, -0.2) is 4.98 Å². The number of para-hydroxylation sites is 1. The molecular formula is C16H22N4. The van der Waals surface area contributed by atoms with E-state index in [2.05, 4.69) is 40.3 Å². The molecule has 0 spiro atoms. The third-order valence-corrected chi connectivity index (χ3v) is 3.77. The molecule has 1 aliphatic rings. The monoisotopic (exact) mass is 270 g/mol. The van der Waals surface area contributed by atoms with Crippen molar-refractivity contribution in [3.8, 4) is 0 Å². The van der Waals surface area contributed by atoms with Gasteiger partial charge in [0.05, 0.1) is 5.52 Å². The van der Waals surface area contributed by atoms with Crippen molar-refractivity contribution < 1.29 is 0 Å². The van der Waals surface area contributed by atoms with Crippen LogP contribution in [0.1, 0.15) is 32.6 Å². The number of aromatic nitrogens is 2. The SMILES string of the molecule is CCCNc1nc(N2CCCCC2)c2ccccc2n1. The Morgan fingerprint density at radius 1 is 1.10 bits per heavy atom. The molecule has 106 valence electrons. The molecule has 0 bridgehead atoms. The smallest absolute Gasteiger partial charge is 0.225 e. The first kappa shape index (κ1) is 13.2. The van der Waals surface area contributed by atoms with Crippen molar-refractivity contribution in [2.75, 3.05) is 29.9 Å². The van der Waals surface area contributed by atoms with Gasteiger partial charge < -0.3 is 10.2 Å². The number of piperidine rings is 1. The highest BCUT2D eigenvalue weighted by Gasteiger charge is 2.16. The first-order chi connectivity index (χ1) is 9.88. The minimum Gasteiger partial charge on any atom is -0.356 e. The Balaban J connectivity index is 2.02. The van der Waals surface area contributed by atoms with Gasteiger partial charge in [0.15, 0.2) is 0 Å². The summed E-state index contributed by atoms with van der Waals surface area (Å²) in [5.41, 5.74) is 1.03. The van der Waals surface area contributed by atoms with Crippen LogP contribution in [0.3, 0.4) is 0 Å². The molecule has 1 N–H and O–H groups in total. The highest BCUT2D eigenvalue weighted by molar-refractivity contribution is 5.90. The Morgan fingerprint density at radius 2 is 1.90 bits per heavy atom. The van der Waals surface area contributed by atoms with Gasteiger partial charge in [-0.05, 0) is 37.8 Å². The van der Waals surface area contributed by atoms with Gasteiger partial charge in [-0.3, -0.25) is 0 Å². The number of nitrogens with one attached hydrogen (secondary N) is 1. The molecule has 4 heteroatoms. The van der Waals surface area contributed by atoms with E-state index < -0.39 is 0 Å². The molecule has 0 amide bonds. The van der Waals surface area contributed by atoms with E-state index in [1.54, 1.807) is 0 Å². The van der Waals surface area contributed by atoms with Crippen molar-refractivity contribution >= 4 is 22.7 Å². The largest absolute Gasteiger partial charge is 0.356 e. The molecule has 1 fully saturated rings. The van der Waals surface area contributed by atoms with E-state index in [9.17, 15) is 0 Å². The number of rotatable bonds is 4. The summed E-state index contributed by atoms with van der Waals surface area (Å²) in [5, 5.41) is 4.48. The van der Waals surface area contributed by atoms with Gasteiger partial charge in [-0.1, -0.05) is 19.1 Å². The van der Waals surface area contributed by atoms with Crippen LogP contribution in [0.15, 0.2) is 24.3 Å². The van der Waals surface area contributed by atoms with Crippen LogP contribution in [-0.4, -0.2) is 29.6 Å². The second-order valence-electron chi connectivity index (χ2n) is 5.36. The van der Waals surface area contributed by atoms with Crippen LogP contribution in [0.4, 0.5) is 11.8 Å². The van der Waals surface area contributed by atoms with Gasteiger partial charge in [0.2, 0.25) is 5.95 Å². The summed E-state index contributed by atoms with van der Waals surface area (Å²) in [4.78, 5) is 11.8. The normalized spacial score (nSPS) is 15.6. The molecule has 1 aliphatic heterocycles. The molecule has 20 heavy (non-hydrogen) atoms. The Morgan fingerprint density at radius 3 is 2.70 bits per heavy atom. The van der Waals surface area contributed by atoms with Gasteiger partial charge in [0.25, 0.3) is 0 Å². The Kier molecular flexibility index (Phi) is 4.00. The second kappa shape index (κ2) is 6.07. The fourth-order valence-electron chi connectivity index (χ4n) is 2.72. The van der Waals surface area contributed by atoms with Crippen LogP contribution in [-0.2, 0) is 0 Å². The van der Waals surface area contributed by atoms with E-state index in [0.29, 0.717) is 0 Å². The van der Waals surface area contributed by atoms with E-state index in [4.69, 9.17) is 4.98 Å². The lowest BCUT2D eigenvalue weighted by atomic mass is 10.1. The van der Waals surface area contributed by atoms with E-state index in [-0.39, 0.29) is 0 Å². The lowest BCUT2D eigenvalue weighted by molar-refractivity contribution is 0.574. The predicted octanol–water partition coefficient (Wildman–Crippen LogP) is 3.44. The molecule has 0 unspecified atom stereocenters. The van der Waals surface area contributed by atoms with Crippen LogP contribution in [0.2, 0.25) is 0 Å². The van der Waals surface area contributed by atoms with Crippen LogP contribution >= 0.6 is 0 Å². The summed E-state index contributed by atoms with van der Waals surface area (Å²) >= 11 is 0. The maximum absolute atomic E-state index is 4.77. The number of hydrogen-bond donors (Lipinski definition) is 1. The van der Waals surface area contributed by atoms with Gasteiger partial charge in [-0.15, -0.1) is 0 Å². The molecular weight excluding hydrogens is 248 g/mol. The highest BCUT2D eigenvalue weighted by atomic mass is 15.2. The minimum atomic E-state index is 0.756. The van der Waals surface area contributed by atoms with Crippen LogP contribution in [0.5, 0.6) is 0 Å². The van der Waals surface area contributed by atoms with E-state index in [1.807, 2.05) is 6.07 Å². The van der Waals surface area contributed by atoms with Crippen LogP contribution < -0.4 is 10.2 Å². The fourth-order valence-corrected chi connectivity index (χ4v) is 2.72. The first-order valence-electron chi connectivity index (χ1n) is 7.64. The molecule has 0 saturated carbocycles. The lowest BCUT2D eigenvalue weighted by Gasteiger charge is -2.28. The molecule has 0 aliphatic carbocycles. The molecule has 1 saturated heterocycles. The van der Waals surface area contributed by atoms with Crippen molar-refractivity contribution in [2.45, 2.75) is 32.6 Å². The lowest BCUT2D eigenvalue weighted by Crippen LogP contribution is -2.30. The average molecular weight is 270 g/mol. The third-order valence-electron chi connectivity index (χ3n) is 3.77. The second-order valence-corrected chi connectivity index (χ2v) is 5.36. The molecule has 2 heterocycles. The van der Waals surface area contributed by atoms with Gasteiger partial charge in [0.1, 0.15) is 5.82 Å². The predicted molar refractivity (Wildman–Crippen MR) is 84.4 cm³/mol. The Labute approximate surface area is 120 Å².